The third-order valence-electron chi connectivity index (χ3n) is 5.57. The molecule has 0 spiro atoms. The zero-order chi connectivity index (χ0) is 16.8. The lowest BCUT2D eigenvalue weighted by Gasteiger charge is -2.34. The molecule has 2 aromatic rings. The van der Waals surface area contributed by atoms with Gasteiger partial charge in [0.1, 0.15) is 8.07 Å². The third-order valence-corrected chi connectivity index (χ3v) is 10.1. The Hall–Kier alpha value is -0.843. The highest BCUT2D eigenvalue weighted by Gasteiger charge is 2.31. The maximum atomic E-state index is 2.64. The maximum Gasteiger partial charge on any atom is 0.115 e. The van der Waals surface area contributed by atoms with Crippen LogP contribution in [0.1, 0.15) is 6.42 Å². The van der Waals surface area contributed by atoms with Crippen molar-refractivity contribution in [3.05, 3.63) is 60.7 Å². The van der Waals surface area contributed by atoms with Gasteiger partial charge in [-0.25, -0.2) is 0 Å². The van der Waals surface area contributed by atoms with Crippen LogP contribution in [0.15, 0.2) is 60.7 Å². The zero-order valence-corrected chi connectivity index (χ0v) is 18.6. The predicted molar refractivity (Wildman–Crippen MR) is 122 cm³/mol. The van der Waals surface area contributed by atoms with E-state index in [0.29, 0.717) is 0 Å². The highest BCUT2D eigenvalue weighted by atomic mass is 35.5. The number of rotatable bonds is 6. The lowest BCUT2D eigenvalue weighted by molar-refractivity contribution is 0.154. The van der Waals surface area contributed by atoms with Crippen molar-refractivity contribution < 1.29 is 0 Å². The van der Waals surface area contributed by atoms with E-state index in [1.54, 1.807) is 10.4 Å². The molecule has 1 saturated heterocycles. The molecule has 0 aromatic heterocycles. The van der Waals surface area contributed by atoms with Crippen LogP contribution in [-0.2, 0) is 0 Å². The molecule has 2 aromatic carbocycles. The van der Waals surface area contributed by atoms with Gasteiger partial charge >= 0.3 is 0 Å². The average Bonchev–Trinajstić information content (AvgIpc) is 2.65. The molecule has 0 amide bonds. The van der Waals surface area contributed by atoms with Crippen molar-refractivity contribution >= 4 is 43.3 Å². The Morgan fingerprint density at radius 3 is 1.69 bits per heavy atom. The molecular weight excluding hydrogens is 379 g/mol. The van der Waals surface area contributed by atoms with Gasteiger partial charge in [-0.05, 0) is 26.1 Å². The quantitative estimate of drug-likeness (QED) is 0.673. The number of piperazine rings is 1. The Balaban J connectivity index is 0.00000169. The highest BCUT2D eigenvalue weighted by molar-refractivity contribution is 7.01. The predicted octanol–water partition coefficient (Wildman–Crippen LogP) is 3.36. The van der Waals surface area contributed by atoms with E-state index in [1.807, 2.05) is 0 Å². The minimum absolute atomic E-state index is 0. The lowest BCUT2D eigenvalue weighted by Crippen LogP contribution is -2.55. The van der Waals surface area contributed by atoms with Crippen LogP contribution < -0.4 is 10.4 Å². The molecule has 1 heterocycles. The fraction of sp³-hybridized carbons (Fsp3) is 0.429. The minimum atomic E-state index is -1.64. The monoisotopic (exact) mass is 410 g/mol. The Kier molecular flexibility index (Phi) is 9.91. The number of benzene rings is 2. The summed E-state index contributed by atoms with van der Waals surface area (Å²) >= 11 is 0. The zero-order valence-electron chi connectivity index (χ0n) is 15.9. The molecule has 0 N–H and O–H groups in total. The van der Waals surface area contributed by atoms with Gasteiger partial charge in [-0.1, -0.05) is 77.6 Å². The summed E-state index contributed by atoms with van der Waals surface area (Å²) < 4.78 is 0. The van der Waals surface area contributed by atoms with Crippen molar-refractivity contribution in [2.24, 2.45) is 0 Å². The number of hydrogen-bond donors (Lipinski definition) is 0. The normalized spacial score (nSPS) is 15.8. The van der Waals surface area contributed by atoms with Crippen LogP contribution in [0.2, 0.25) is 12.6 Å². The molecule has 0 atom stereocenters. The van der Waals surface area contributed by atoms with Crippen LogP contribution in [0, 0.1) is 0 Å². The fourth-order valence-corrected chi connectivity index (χ4v) is 7.43. The number of hydrogen-bond acceptors (Lipinski definition) is 2. The molecule has 1 aliphatic heterocycles. The summed E-state index contributed by atoms with van der Waals surface area (Å²) in [5.74, 6) is 0. The summed E-state index contributed by atoms with van der Waals surface area (Å²) in [6.45, 7) is 8.67. The van der Waals surface area contributed by atoms with E-state index in [1.165, 1.54) is 45.2 Å². The molecule has 1 fully saturated rings. The molecule has 0 aliphatic carbocycles. The van der Waals surface area contributed by atoms with Gasteiger partial charge in [-0.2, -0.15) is 0 Å². The minimum Gasteiger partial charge on any atom is -0.304 e. The van der Waals surface area contributed by atoms with Crippen molar-refractivity contribution in [3.63, 3.8) is 0 Å². The second-order valence-corrected chi connectivity index (χ2v) is 11.6. The van der Waals surface area contributed by atoms with Crippen molar-refractivity contribution in [2.75, 3.05) is 39.8 Å². The first-order valence-corrected chi connectivity index (χ1v) is 11.9. The summed E-state index contributed by atoms with van der Waals surface area (Å²) in [5.41, 5.74) is 0. The first-order chi connectivity index (χ1) is 11.7. The molecular formula is C21H32Cl2N2Si. The van der Waals surface area contributed by atoms with Gasteiger partial charge in [-0.3, -0.25) is 0 Å². The lowest BCUT2D eigenvalue weighted by atomic mass is 10.3. The molecule has 1 aliphatic rings. The first kappa shape index (κ1) is 23.2. The molecule has 26 heavy (non-hydrogen) atoms. The van der Waals surface area contributed by atoms with Crippen LogP contribution in [-0.4, -0.2) is 57.6 Å². The molecule has 0 bridgehead atoms. The van der Waals surface area contributed by atoms with E-state index in [9.17, 15) is 0 Å². The topological polar surface area (TPSA) is 6.48 Å². The van der Waals surface area contributed by atoms with E-state index >= 15 is 0 Å². The Bertz CT molecular complexity index is 577. The van der Waals surface area contributed by atoms with Crippen molar-refractivity contribution in [1.82, 2.24) is 9.80 Å². The van der Waals surface area contributed by atoms with Gasteiger partial charge in [0.15, 0.2) is 0 Å². The summed E-state index contributed by atoms with van der Waals surface area (Å²) in [4.78, 5) is 5.08. The molecule has 0 radical (unpaired) electrons. The highest BCUT2D eigenvalue weighted by Crippen LogP contribution is 2.15. The van der Waals surface area contributed by atoms with Gasteiger partial charge < -0.3 is 9.80 Å². The molecule has 3 rings (SSSR count). The summed E-state index contributed by atoms with van der Waals surface area (Å²) in [5, 5.41) is 3.13. The second-order valence-electron chi connectivity index (χ2n) is 7.31. The number of halogens is 2. The SMILES string of the molecule is CN1CCN(CCC[Si](C)(c2ccccc2)c2ccccc2)CC1.Cl.Cl. The molecule has 0 unspecified atom stereocenters. The smallest absolute Gasteiger partial charge is 0.115 e. The van der Waals surface area contributed by atoms with Crippen LogP contribution in [0.3, 0.4) is 0 Å². The van der Waals surface area contributed by atoms with Crippen LogP contribution in [0.5, 0.6) is 0 Å². The van der Waals surface area contributed by atoms with Crippen LogP contribution >= 0.6 is 24.8 Å². The van der Waals surface area contributed by atoms with Crippen LogP contribution in [0.4, 0.5) is 0 Å². The molecule has 144 valence electrons. The van der Waals surface area contributed by atoms with Crippen LogP contribution in [0.25, 0.3) is 0 Å². The van der Waals surface area contributed by atoms with E-state index in [2.05, 4.69) is 84.1 Å². The molecule has 0 saturated carbocycles. The number of likely N-dealkylation sites (N-methyl/N-ethyl adjacent to an activating group) is 1. The van der Waals surface area contributed by atoms with E-state index in [0.717, 1.165) is 0 Å². The maximum absolute atomic E-state index is 2.64. The Labute approximate surface area is 172 Å². The second kappa shape index (κ2) is 11.1. The van der Waals surface area contributed by atoms with Gasteiger partial charge in [-0.15, -0.1) is 24.8 Å². The molecule has 5 heteroatoms. The van der Waals surface area contributed by atoms with E-state index in [4.69, 9.17) is 0 Å². The average molecular weight is 411 g/mol. The van der Waals surface area contributed by atoms with E-state index < -0.39 is 8.07 Å². The number of nitrogens with zero attached hydrogens (tertiary/aromatic N) is 2. The standard InChI is InChI=1S/C21H30N2Si.2ClH/c1-22-15-17-23(18-16-22)14-9-19-24(2,20-10-5-3-6-11-20)21-12-7-4-8-13-21;;/h3-8,10-13H,9,14-19H2,1-2H3;2*1H. The van der Waals surface area contributed by atoms with Gasteiger partial charge in [0.05, 0.1) is 0 Å². The summed E-state index contributed by atoms with van der Waals surface area (Å²) in [7, 11) is 0.592. The molecule has 2 nitrogen and oxygen atoms in total. The Morgan fingerprint density at radius 1 is 0.769 bits per heavy atom. The Morgan fingerprint density at radius 2 is 1.23 bits per heavy atom. The third kappa shape index (κ3) is 5.83. The van der Waals surface area contributed by atoms with Crippen molar-refractivity contribution in [2.45, 2.75) is 19.0 Å². The summed E-state index contributed by atoms with van der Waals surface area (Å²) in [6.07, 6.45) is 1.30. The van der Waals surface area contributed by atoms with Crippen molar-refractivity contribution in [3.8, 4) is 0 Å². The fourth-order valence-electron chi connectivity index (χ4n) is 3.80. The van der Waals surface area contributed by atoms with E-state index in [-0.39, 0.29) is 24.8 Å². The largest absolute Gasteiger partial charge is 0.304 e. The summed E-state index contributed by atoms with van der Waals surface area (Å²) in [6, 6.07) is 23.8. The van der Waals surface area contributed by atoms with Gasteiger partial charge in [0.25, 0.3) is 0 Å². The first-order valence-electron chi connectivity index (χ1n) is 9.20. The van der Waals surface area contributed by atoms with Gasteiger partial charge in [0, 0.05) is 26.2 Å². The van der Waals surface area contributed by atoms with Gasteiger partial charge in [0.2, 0.25) is 0 Å². The van der Waals surface area contributed by atoms with Crippen molar-refractivity contribution in [1.29, 1.82) is 0 Å².